The Hall–Kier alpha value is -2.33. The van der Waals surface area contributed by atoms with Crippen LogP contribution in [0.2, 0.25) is 0 Å². The molecule has 2 rings (SSSR count). The molecular formula is C24H34N2O2. The van der Waals surface area contributed by atoms with Gasteiger partial charge in [0.25, 0.3) is 0 Å². The van der Waals surface area contributed by atoms with Gasteiger partial charge in [-0.3, -0.25) is 4.90 Å². The zero-order valence-corrected chi connectivity index (χ0v) is 17.5. The van der Waals surface area contributed by atoms with Crippen molar-refractivity contribution in [2.75, 3.05) is 19.6 Å². The molecule has 0 aromatic heterocycles. The van der Waals surface area contributed by atoms with Gasteiger partial charge in [-0.2, -0.15) is 0 Å². The van der Waals surface area contributed by atoms with E-state index in [-0.39, 0.29) is 6.09 Å². The van der Waals surface area contributed by atoms with Gasteiger partial charge in [-0.15, -0.1) is 0 Å². The quantitative estimate of drug-likeness (QED) is 0.586. The Bertz CT molecular complexity index is 681. The summed E-state index contributed by atoms with van der Waals surface area (Å²) in [5.41, 5.74) is 2.25. The van der Waals surface area contributed by atoms with Crippen LogP contribution >= 0.6 is 0 Å². The van der Waals surface area contributed by atoms with E-state index in [4.69, 9.17) is 4.74 Å². The van der Waals surface area contributed by atoms with E-state index in [1.165, 1.54) is 11.1 Å². The summed E-state index contributed by atoms with van der Waals surface area (Å²) in [7, 11) is 0. The van der Waals surface area contributed by atoms with E-state index >= 15 is 0 Å². The lowest BCUT2D eigenvalue weighted by atomic mass is 10.1. The summed E-state index contributed by atoms with van der Waals surface area (Å²) in [5.74, 6) is 0. The zero-order valence-electron chi connectivity index (χ0n) is 17.5. The third-order valence-electron chi connectivity index (χ3n) is 4.35. The van der Waals surface area contributed by atoms with Gasteiger partial charge in [0.15, 0.2) is 0 Å². The molecule has 0 aliphatic carbocycles. The summed E-state index contributed by atoms with van der Waals surface area (Å²) in [6.07, 6.45) is 2.77. The zero-order chi connectivity index (χ0) is 20.2. The number of hydrogen-bond donors (Lipinski definition) is 1. The minimum absolute atomic E-state index is 0.341. The second kappa shape index (κ2) is 11.5. The third-order valence-corrected chi connectivity index (χ3v) is 4.35. The molecule has 0 heterocycles. The largest absolute Gasteiger partial charge is 0.444 e. The number of carbonyl (C=O) groups is 1. The Morgan fingerprint density at radius 2 is 1.46 bits per heavy atom. The van der Waals surface area contributed by atoms with Crippen molar-refractivity contribution in [2.45, 2.75) is 52.2 Å². The summed E-state index contributed by atoms with van der Waals surface area (Å²) < 4.78 is 5.29. The molecule has 4 heteroatoms. The molecule has 2 aromatic rings. The topological polar surface area (TPSA) is 41.6 Å². The number of benzene rings is 2. The lowest BCUT2D eigenvalue weighted by Crippen LogP contribution is -2.34. The van der Waals surface area contributed by atoms with E-state index < -0.39 is 5.60 Å². The van der Waals surface area contributed by atoms with Crippen molar-refractivity contribution in [1.82, 2.24) is 10.2 Å². The summed E-state index contributed by atoms with van der Waals surface area (Å²) in [5, 5.41) is 2.85. The molecule has 0 aliphatic rings. The minimum Gasteiger partial charge on any atom is -0.444 e. The van der Waals surface area contributed by atoms with E-state index in [9.17, 15) is 4.79 Å². The van der Waals surface area contributed by atoms with Crippen molar-refractivity contribution >= 4 is 6.09 Å². The summed E-state index contributed by atoms with van der Waals surface area (Å²) in [6.45, 7) is 9.17. The van der Waals surface area contributed by atoms with E-state index in [1.54, 1.807) is 0 Å². The maximum atomic E-state index is 11.8. The molecule has 0 saturated heterocycles. The van der Waals surface area contributed by atoms with Crippen molar-refractivity contribution < 1.29 is 9.53 Å². The Morgan fingerprint density at radius 3 is 2.07 bits per heavy atom. The molecule has 0 spiro atoms. The number of aryl methyl sites for hydroxylation is 1. The standard InChI is InChI=1S/C24H34N2O2/c1-24(2,3)28-23(27)25-17-11-19-26(20-22-14-8-5-9-15-22)18-10-16-21-12-6-4-7-13-21/h4-9,12-15H,10-11,16-20H2,1-3H3,(H,25,27). The van der Waals surface area contributed by atoms with Gasteiger partial charge in [0, 0.05) is 19.6 Å². The van der Waals surface area contributed by atoms with Gasteiger partial charge in [0.1, 0.15) is 5.60 Å². The minimum atomic E-state index is -0.457. The van der Waals surface area contributed by atoms with Crippen molar-refractivity contribution in [2.24, 2.45) is 0 Å². The van der Waals surface area contributed by atoms with Crippen LogP contribution in [0.25, 0.3) is 0 Å². The monoisotopic (exact) mass is 382 g/mol. The Kier molecular flexibility index (Phi) is 9.02. The van der Waals surface area contributed by atoms with Crippen LogP contribution < -0.4 is 5.32 Å². The molecule has 1 N–H and O–H groups in total. The molecule has 4 nitrogen and oxygen atoms in total. The van der Waals surface area contributed by atoms with Crippen molar-refractivity contribution in [3.05, 3.63) is 71.8 Å². The molecule has 0 bridgehead atoms. The van der Waals surface area contributed by atoms with Gasteiger partial charge in [-0.1, -0.05) is 60.7 Å². The van der Waals surface area contributed by atoms with Gasteiger partial charge in [0.2, 0.25) is 0 Å². The molecule has 0 atom stereocenters. The van der Waals surface area contributed by atoms with E-state index in [2.05, 4.69) is 64.8 Å². The number of alkyl carbamates (subject to hydrolysis) is 1. The Morgan fingerprint density at radius 1 is 0.893 bits per heavy atom. The Labute approximate surface area is 169 Å². The molecule has 0 radical (unpaired) electrons. The predicted octanol–water partition coefficient (Wildman–Crippen LogP) is 5.04. The number of nitrogens with zero attached hydrogens (tertiary/aromatic N) is 1. The first-order valence-corrected chi connectivity index (χ1v) is 10.2. The van der Waals surface area contributed by atoms with E-state index in [0.717, 1.165) is 38.9 Å². The molecule has 0 unspecified atom stereocenters. The maximum Gasteiger partial charge on any atom is 0.407 e. The van der Waals surface area contributed by atoms with Gasteiger partial charge in [-0.05, 0) is 57.7 Å². The van der Waals surface area contributed by atoms with Crippen LogP contribution in [0.1, 0.15) is 44.7 Å². The van der Waals surface area contributed by atoms with E-state index in [1.807, 2.05) is 26.8 Å². The second-order valence-electron chi connectivity index (χ2n) is 8.13. The van der Waals surface area contributed by atoms with Gasteiger partial charge < -0.3 is 10.1 Å². The van der Waals surface area contributed by atoms with Crippen LogP contribution in [0.5, 0.6) is 0 Å². The van der Waals surface area contributed by atoms with Crippen LogP contribution in [0.15, 0.2) is 60.7 Å². The van der Waals surface area contributed by atoms with Crippen LogP contribution in [-0.4, -0.2) is 36.2 Å². The number of hydrogen-bond acceptors (Lipinski definition) is 3. The first-order valence-electron chi connectivity index (χ1n) is 10.2. The molecule has 28 heavy (non-hydrogen) atoms. The van der Waals surface area contributed by atoms with Crippen molar-refractivity contribution in [1.29, 1.82) is 0 Å². The molecule has 0 fully saturated rings. The molecule has 1 amide bonds. The molecule has 2 aromatic carbocycles. The van der Waals surface area contributed by atoms with Crippen molar-refractivity contribution in [3.63, 3.8) is 0 Å². The lowest BCUT2D eigenvalue weighted by molar-refractivity contribution is 0.0525. The highest BCUT2D eigenvalue weighted by Crippen LogP contribution is 2.09. The van der Waals surface area contributed by atoms with E-state index in [0.29, 0.717) is 6.54 Å². The van der Waals surface area contributed by atoms with Crippen molar-refractivity contribution in [3.8, 4) is 0 Å². The highest BCUT2D eigenvalue weighted by atomic mass is 16.6. The fourth-order valence-corrected chi connectivity index (χ4v) is 3.07. The maximum absolute atomic E-state index is 11.8. The number of amides is 1. The summed E-state index contributed by atoms with van der Waals surface area (Å²) in [6, 6.07) is 21.2. The molecule has 0 aliphatic heterocycles. The first-order chi connectivity index (χ1) is 13.4. The fraction of sp³-hybridized carbons (Fsp3) is 0.458. The molecule has 0 saturated carbocycles. The average Bonchev–Trinajstić information content (AvgIpc) is 2.65. The van der Waals surface area contributed by atoms with Gasteiger partial charge in [-0.25, -0.2) is 4.79 Å². The predicted molar refractivity (Wildman–Crippen MR) is 115 cm³/mol. The van der Waals surface area contributed by atoms with Gasteiger partial charge >= 0.3 is 6.09 Å². The highest BCUT2D eigenvalue weighted by Gasteiger charge is 2.15. The van der Waals surface area contributed by atoms with Gasteiger partial charge in [0.05, 0.1) is 0 Å². The molecule has 152 valence electrons. The van der Waals surface area contributed by atoms with Crippen LogP contribution in [0.4, 0.5) is 4.79 Å². The average molecular weight is 383 g/mol. The smallest absolute Gasteiger partial charge is 0.407 e. The number of ether oxygens (including phenoxy) is 1. The summed E-state index contributed by atoms with van der Waals surface area (Å²) in [4.78, 5) is 14.2. The third kappa shape index (κ3) is 9.56. The van der Waals surface area contributed by atoms with Crippen LogP contribution in [0.3, 0.4) is 0 Å². The number of rotatable bonds is 10. The second-order valence-corrected chi connectivity index (χ2v) is 8.13. The summed E-state index contributed by atoms with van der Waals surface area (Å²) >= 11 is 0. The first kappa shape index (κ1) is 22.0. The highest BCUT2D eigenvalue weighted by molar-refractivity contribution is 5.67. The normalized spacial score (nSPS) is 11.4. The SMILES string of the molecule is CC(C)(C)OC(=O)NCCCN(CCCc1ccccc1)Cc1ccccc1. The van der Waals surface area contributed by atoms with Crippen LogP contribution in [0, 0.1) is 0 Å². The lowest BCUT2D eigenvalue weighted by Gasteiger charge is -2.23. The molecular weight excluding hydrogens is 348 g/mol. The number of carbonyl (C=O) groups excluding carboxylic acids is 1. The van der Waals surface area contributed by atoms with Crippen LogP contribution in [-0.2, 0) is 17.7 Å². The number of nitrogens with one attached hydrogen (secondary N) is 1. The Balaban J connectivity index is 1.78. The fourth-order valence-electron chi connectivity index (χ4n) is 3.07.